The zero-order chi connectivity index (χ0) is 13.5. The Bertz CT molecular complexity index is 507. The molecular weight excluding hydrogens is 258 g/mol. The Morgan fingerprint density at radius 3 is 2.84 bits per heavy atom. The summed E-state index contributed by atoms with van der Waals surface area (Å²) in [4.78, 5) is 0. The molecule has 2 nitrogen and oxygen atoms in total. The molecule has 0 radical (unpaired) electrons. The average Bonchev–Trinajstić information content (AvgIpc) is 2.87. The minimum atomic E-state index is 0.738. The van der Waals surface area contributed by atoms with E-state index in [1.54, 1.807) is 0 Å². The summed E-state index contributed by atoms with van der Waals surface area (Å²) in [5, 5.41) is 3.04. The first-order chi connectivity index (χ1) is 9.29. The quantitative estimate of drug-likeness (QED) is 0.766. The van der Waals surface area contributed by atoms with Crippen molar-refractivity contribution in [3.05, 3.63) is 47.2 Å². The van der Waals surface area contributed by atoms with E-state index in [-0.39, 0.29) is 0 Å². The Hall–Kier alpha value is -1.25. The van der Waals surface area contributed by atoms with E-state index >= 15 is 0 Å². The van der Waals surface area contributed by atoms with Gasteiger partial charge in [-0.15, -0.1) is 0 Å². The number of hydrogen-bond donors (Lipinski definition) is 1. The molecule has 0 aliphatic rings. The molecule has 0 spiro atoms. The van der Waals surface area contributed by atoms with Crippen LogP contribution in [0.2, 0.25) is 5.02 Å². The van der Waals surface area contributed by atoms with Gasteiger partial charge >= 0.3 is 0 Å². The molecule has 0 aliphatic carbocycles. The molecule has 1 aromatic heterocycles. The topological polar surface area (TPSA) is 29.8 Å². The molecule has 0 saturated carbocycles. The van der Waals surface area contributed by atoms with Crippen LogP contribution in [0.4, 0.5) is 0 Å². The average molecular weight is 279 g/mol. The largest absolute Gasteiger partial charge is 0.455 e. The van der Waals surface area contributed by atoms with Crippen molar-refractivity contribution >= 4 is 11.6 Å². The molecule has 19 heavy (non-hydrogen) atoms. The highest BCUT2D eigenvalue weighted by atomic mass is 35.5. The van der Waals surface area contributed by atoms with Crippen molar-refractivity contribution < 1.29 is 9.73 Å². The van der Waals surface area contributed by atoms with Gasteiger partial charge in [-0.05, 0) is 37.1 Å². The normalized spacial score (nSPS) is 10.8. The predicted molar refractivity (Wildman–Crippen MR) is 79.2 cm³/mol. The standard InChI is InChI=1S/C16H20ClNO/c1-2-3-4-10-18-12-15-8-9-16(19-15)13-6-5-7-14(17)11-13/h5-9,11,18H,2-4,10,12H2,1H3/p+1. The highest BCUT2D eigenvalue weighted by Crippen LogP contribution is 2.24. The van der Waals surface area contributed by atoms with Crippen LogP contribution in [0.5, 0.6) is 0 Å². The molecule has 1 aromatic carbocycles. The zero-order valence-electron chi connectivity index (χ0n) is 11.4. The van der Waals surface area contributed by atoms with Gasteiger partial charge in [0.05, 0.1) is 6.54 Å². The molecule has 0 bridgehead atoms. The van der Waals surface area contributed by atoms with Crippen LogP contribution in [0.15, 0.2) is 40.8 Å². The van der Waals surface area contributed by atoms with Crippen molar-refractivity contribution in [3.63, 3.8) is 0 Å². The molecule has 0 atom stereocenters. The Kier molecular flexibility index (Phi) is 5.49. The fraction of sp³-hybridized carbons (Fsp3) is 0.375. The van der Waals surface area contributed by atoms with Gasteiger partial charge in [0, 0.05) is 10.6 Å². The fourth-order valence-corrected chi connectivity index (χ4v) is 2.26. The van der Waals surface area contributed by atoms with Crippen LogP contribution in [-0.2, 0) is 6.54 Å². The molecule has 102 valence electrons. The summed E-state index contributed by atoms with van der Waals surface area (Å²) in [5.74, 6) is 1.91. The second kappa shape index (κ2) is 7.37. The second-order valence-electron chi connectivity index (χ2n) is 4.76. The number of unbranched alkanes of at least 4 members (excludes halogenated alkanes) is 2. The smallest absolute Gasteiger partial charge is 0.158 e. The van der Waals surface area contributed by atoms with Crippen LogP contribution in [0.1, 0.15) is 31.9 Å². The molecule has 2 rings (SSSR count). The molecule has 2 N–H and O–H groups in total. The number of benzene rings is 1. The maximum Gasteiger partial charge on any atom is 0.158 e. The van der Waals surface area contributed by atoms with Gasteiger partial charge in [0.25, 0.3) is 0 Å². The first-order valence-corrected chi connectivity index (χ1v) is 7.33. The minimum Gasteiger partial charge on any atom is -0.455 e. The van der Waals surface area contributed by atoms with E-state index in [9.17, 15) is 0 Å². The molecular formula is C16H21ClNO+. The van der Waals surface area contributed by atoms with E-state index in [1.165, 1.54) is 25.8 Å². The van der Waals surface area contributed by atoms with Crippen molar-refractivity contribution in [2.45, 2.75) is 32.7 Å². The van der Waals surface area contributed by atoms with E-state index in [0.717, 1.165) is 28.7 Å². The second-order valence-corrected chi connectivity index (χ2v) is 5.20. The lowest BCUT2D eigenvalue weighted by Crippen LogP contribution is -2.82. The van der Waals surface area contributed by atoms with Crippen LogP contribution in [0.3, 0.4) is 0 Å². The third kappa shape index (κ3) is 4.41. The van der Waals surface area contributed by atoms with Crippen molar-refractivity contribution in [2.24, 2.45) is 0 Å². The monoisotopic (exact) mass is 278 g/mol. The Morgan fingerprint density at radius 1 is 1.16 bits per heavy atom. The van der Waals surface area contributed by atoms with E-state index in [0.29, 0.717) is 0 Å². The number of furan rings is 1. The van der Waals surface area contributed by atoms with Gasteiger partial charge in [-0.1, -0.05) is 37.1 Å². The van der Waals surface area contributed by atoms with Gasteiger partial charge in [-0.25, -0.2) is 0 Å². The molecule has 2 aromatic rings. The molecule has 0 saturated heterocycles. The molecule has 3 heteroatoms. The summed E-state index contributed by atoms with van der Waals surface area (Å²) in [5.41, 5.74) is 1.03. The Morgan fingerprint density at radius 2 is 2.05 bits per heavy atom. The van der Waals surface area contributed by atoms with Crippen LogP contribution < -0.4 is 5.32 Å². The van der Waals surface area contributed by atoms with E-state index < -0.39 is 0 Å². The summed E-state index contributed by atoms with van der Waals surface area (Å²) in [7, 11) is 0. The van der Waals surface area contributed by atoms with Gasteiger partial charge in [-0.2, -0.15) is 0 Å². The maximum atomic E-state index is 5.99. The summed E-state index contributed by atoms with van der Waals surface area (Å²) < 4.78 is 5.84. The zero-order valence-corrected chi connectivity index (χ0v) is 12.1. The van der Waals surface area contributed by atoms with Crippen molar-refractivity contribution in [1.29, 1.82) is 0 Å². The lowest BCUT2D eigenvalue weighted by Gasteiger charge is -1.99. The van der Waals surface area contributed by atoms with Gasteiger partial charge in [0.15, 0.2) is 5.76 Å². The third-order valence-electron chi connectivity index (χ3n) is 3.13. The lowest BCUT2D eigenvalue weighted by atomic mass is 10.2. The van der Waals surface area contributed by atoms with E-state index in [4.69, 9.17) is 16.0 Å². The first-order valence-electron chi connectivity index (χ1n) is 6.96. The number of rotatable bonds is 7. The fourth-order valence-electron chi connectivity index (χ4n) is 2.07. The van der Waals surface area contributed by atoms with Crippen LogP contribution in [-0.4, -0.2) is 6.54 Å². The molecule has 0 amide bonds. The minimum absolute atomic E-state index is 0.738. The van der Waals surface area contributed by atoms with E-state index in [2.05, 4.69) is 12.2 Å². The number of quaternary nitrogens is 1. The molecule has 1 heterocycles. The van der Waals surface area contributed by atoms with Crippen LogP contribution in [0.25, 0.3) is 11.3 Å². The lowest BCUT2D eigenvalue weighted by molar-refractivity contribution is -0.672. The van der Waals surface area contributed by atoms with Crippen LogP contribution in [0, 0.1) is 0 Å². The molecule has 0 aliphatic heterocycles. The summed E-state index contributed by atoms with van der Waals surface area (Å²) in [6.45, 7) is 4.30. The summed E-state index contributed by atoms with van der Waals surface area (Å²) in [6, 6.07) is 11.8. The highest BCUT2D eigenvalue weighted by Gasteiger charge is 2.06. The third-order valence-corrected chi connectivity index (χ3v) is 3.36. The van der Waals surface area contributed by atoms with Gasteiger partial charge in [-0.3, -0.25) is 0 Å². The Labute approximate surface area is 119 Å². The number of halogens is 1. The van der Waals surface area contributed by atoms with Crippen LogP contribution >= 0.6 is 11.6 Å². The highest BCUT2D eigenvalue weighted by molar-refractivity contribution is 6.30. The predicted octanol–water partition coefficient (Wildman–Crippen LogP) is 3.85. The maximum absolute atomic E-state index is 5.99. The van der Waals surface area contributed by atoms with Gasteiger partial charge in [0.2, 0.25) is 0 Å². The van der Waals surface area contributed by atoms with E-state index in [1.807, 2.05) is 36.4 Å². The van der Waals surface area contributed by atoms with Crippen molar-refractivity contribution in [3.8, 4) is 11.3 Å². The number of nitrogens with two attached hydrogens (primary N) is 1. The number of hydrogen-bond acceptors (Lipinski definition) is 1. The SMILES string of the molecule is CCCCC[NH2+]Cc1ccc(-c2cccc(Cl)c2)o1. The summed E-state index contributed by atoms with van der Waals surface area (Å²) >= 11 is 5.99. The van der Waals surface area contributed by atoms with Gasteiger partial charge < -0.3 is 9.73 Å². The van der Waals surface area contributed by atoms with Crippen molar-refractivity contribution in [2.75, 3.05) is 6.54 Å². The molecule has 0 fully saturated rings. The van der Waals surface area contributed by atoms with Crippen molar-refractivity contribution in [1.82, 2.24) is 0 Å². The first kappa shape index (κ1) is 14.2. The molecule has 0 unspecified atom stereocenters. The Balaban J connectivity index is 1.88. The summed E-state index contributed by atoms with van der Waals surface area (Å²) in [6.07, 6.45) is 3.86. The van der Waals surface area contributed by atoms with Gasteiger partial charge in [0.1, 0.15) is 12.3 Å².